The second-order valence-electron chi connectivity index (χ2n) is 2.73. The second-order valence-corrected chi connectivity index (χ2v) is 2.73. The summed E-state index contributed by atoms with van der Waals surface area (Å²) in [5.41, 5.74) is 0. The first-order valence-corrected chi connectivity index (χ1v) is 4.06. The molecule has 13 heavy (non-hydrogen) atoms. The van der Waals surface area contributed by atoms with E-state index in [0.29, 0.717) is 6.54 Å². The van der Waals surface area contributed by atoms with Crippen LogP contribution in [0.2, 0.25) is 0 Å². The molecule has 5 heteroatoms. The largest absolute Gasteiger partial charge is 0.363 e. The molecule has 0 aliphatic heterocycles. The molecule has 0 atom stereocenters. The van der Waals surface area contributed by atoms with Crippen molar-refractivity contribution < 1.29 is 0 Å². The summed E-state index contributed by atoms with van der Waals surface area (Å²) in [6.45, 7) is 0.687. The highest BCUT2D eigenvalue weighted by Gasteiger charge is 1.97. The van der Waals surface area contributed by atoms with Crippen LogP contribution < -0.4 is 5.32 Å². The molecule has 0 bridgehead atoms. The van der Waals surface area contributed by atoms with E-state index < -0.39 is 0 Å². The monoisotopic (exact) mass is 177 g/mol. The summed E-state index contributed by atoms with van der Waals surface area (Å²) in [5.74, 6) is 1.90. The molecular formula is C8H11N5. The molecule has 0 spiro atoms. The first kappa shape index (κ1) is 7.85. The van der Waals surface area contributed by atoms with Crippen LogP contribution in [0.5, 0.6) is 0 Å². The highest BCUT2D eigenvalue weighted by Crippen LogP contribution is 2.04. The molecule has 2 aromatic rings. The Morgan fingerprint density at radius 2 is 2.46 bits per heavy atom. The Morgan fingerprint density at radius 3 is 3.08 bits per heavy atom. The smallest absolute Gasteiger partial charge is 0.125 e. The maximum Gasteiger partial charge on any atom is 0.125 e. The zero-order valence-corrected chi connectivity index (χ0v) is 7.36. The van der Waals surface area contributed by atoms with Crippen molar-refractivity contribution in [1.29, 1.82) is 0 Å². The van der Waals surface area contributed by atoms with E-state index in [4.69, 9.17) is 0 Å². The predicted octanol–water partition coefficient (Wildman–Crippen LogP) is 0.755. The van der Waals surface area contributed by atoms with Crippen molar-refractivity contribution in [2.75, 3.05) is 5.32 Å². The van der Waals surface area contributed by atoms with Crippen LogP contribution in [0.25, 0.3) is 0 Å². The van der Waals surface area contributed by atoms with E-state index >= 15 is 0 Å². The standard InChI is InChI=1S/C8H11N5/c1-13-8(2-3-12-13)11-6-7-9-4-5-10-7/h2-5,11H,6H2,1H3,(H,9,10). The van der Waals surface area contributed by atoms with Crippen molar-refractivity contribution in [3.63, 3.8) is 0 Å². The van der Waals surface area contributed by atoms with Gasteiger partial charge in [-0.3, -0.25) is 4.68 Å². The molecule has 0 saturated heterocycles. The van der Waals surface area contributed by atoms with Gasteiger partial charge in [-0.15, -0.1) is 0 Å². The number of nitrogens with one attached hydrogen (secondary N) is 2. The predicted molar refractivity (Wildman–Crippen MR) is 49.1 cm³/mol. The van der Waals surface area contributed by atoms with E-state index in [1.807, 2.05) is 13.1 Å². The number of hydrogen-bond donors (Lipinski definition) is 2. The summed E-state index contributed by atoms with van der Waals surface area (Å²) in [5, 5.41) is 7.24. The Kier molecular flexibility index (Phi) is 1.99. The lowest BCUT2D eigenvalue weighted by Gasteiger charge is -2.03. The Morgan fingerprint density at radius 1 is 1.54 bits per heavy atom. The lowest BCUT2D eigenvalue weighted by molar-refractivity contribution is 0.766. The SMILES string of the molecule is Cn1nccc1NCc1ncc[nH]1. The van der Waals surface area contributed by atoms with Crippen molar-refractivity contribution in [3.05, 3.63) is 30.5 Å². The molecule has 2 aromatic heterocycles. The Balaban J connectivity index is 1.97. The summed E-state index contributed by atoms with van der Waals surface area (Å²) in [7, 11) is 1.89. The van der Waals surface area contributed by atoms with Gasteiger partial charge in [-0.25, -0.2) is 4.98 Å². The number of anilines is 1. The third kappa shape index (κ3) is 1.69. The summed E-state index contributed by atoms with van der Waals surface area (Å²) < 4.78 is 1.78. The average molecular weight is 177 g/mol. The van der Waals surface area contributed by atoms with Gasteiger partial charge in [-0.05, 0) is 0 Å². The minimum absolute atomic E-state index is 0.687. The van der Waals surface area contributed by atoms with Crippen LogP contribution in [0.3, 0.4) is 0 Å². The van der Waals surface area contributed by atoms with Gasteiger partial charge >= 0.3 is 0 Å². The second kappa shape index (κ2) is 3.30. The maximum atomic E-state index is 4.10. The third-order valence-corrected chi connectivity index (χ3v) is 1.81. The molecule has 0 radical (unpaired) electrons. The number of rotatable bonds is 3. The Labute approximate surface area is 75.8 Å². The van der Waals surface area contributed by atoms with E-state index in [0.717, 1.165) is 11.6 Å². The highest BCUT2D eigenvalue weighted by molar-refractivity contribution is 5.33. The van der Waals surface area contributed by atoms with Crippen molar-refractivity contribution in [2.24, 2.45) is 7.05 Å². The molecule has 0 saturated carbocycles. The number of imidazole rings is 1. The topological polar surface area (TPSA) is 58.5 Å². The van der Waals surface area contributed by atoms with Gasteiger partial charge in [0.15, 0.2) is 0 Å². The van der Waals surface area contributed by atoms with Crippen molar-refractivity contribution in [1.82, 2.24) is 19.7 Å². The van der Waals surface area contributed by atoms with E-state index in [9.17, 15) is 0 Å². The minimum atomic E-state index is 0.687. The molecule has 0 amide bonds. The fourth-order valence-electron chi connectivity index (χ4n) is 1.12. The number of aromatic nitrogens is 4. The van der Waals surface area contributed by atoms with Crippen LogP contribution in [0.15, 0.2) is 24.7 Å². The molecule has 0 aliphatic rings. The van der Waals surface area contributed by atoms with Crippen LogP contribution in [-0.4, -0.2) is 19.7 Å². The van der Waals surface area contributed by atoms with E-state index in [1.54, 1.807) is 23.3 Å². The molecule has 0 unspecified atom stereocenters. The van der Waals surface area contributed by atoms with Crippen LogP contribution in [0.1, 0.15) is 5.82 Å². The highest BCUT2D eigenvalue weighted by atomic mass is 15.3. The Hall–Kier alpha value is -1.78. The van der Waals surface area contributed by atoms with Crippen molar-refractivity contribution >= 4 is 5.82 Å². The summed E-state index contributed by atoms with van der Waals surface area (Å²) in [6.07, 6.45) is 5.30. The molecule has 68 valence electrons. The molecule has 2 heterocycles. The number of H-pyrrole nitrogens is 1. The summed E-state index contributed by atoms with van der Waals surface area (Å²) >= 11 is 0. The number of hydrogen-bond acceptors (Lipinski definition) is 3. The number of aromatic amines is 1. The van der Waals surface area contributed by atoms with Crippen LogP contribution in [-0.2, 0) is 13.6 Å². The summed E-state index contributed by atoms with van der Waals surface area (Å²) in [4.78, 5) is 7.11. The van der Waals surface area contributed by atoms with Crippen LogP contribution in [0, 0.1) is 0 Å². The summed E-state index contributed by atoms with van der Waals surface area (Å²) in [6, 6.07) is 1.92. The lowest BCUT2D eigenvalue weighted by Crippen LogP contribution is -2.05. The van der Waals surface area contributed by atoms with Crippen LogP contribution >= 0.6 is 0 Å². The zero-order chi connectivity index (χ0) is 9.10. The molecule has 2 rings (SSSR count). The third-order valence-electron chi connectivity index (χ3n) is 1.81. The van der Waals surface area contributed by atoms with Crippen molar-refractivity contribution in [2.45, 2.75) is 6.54 Å². The zero-order valence-electron chi connectivity index (χ0n) is 7.36. The first-order chi connectivity index (χ1) is 6.36. The molecular weight excluding hydrogens is 166 g/mol. The maximum absolute atomic E-state index is 4.10. The van der Waals surface area contributed by atoms with Gasteiger partial charge in [0, 0.05) is 25.5 Å². The van der Waals surface area contributed by atoms with Crippen LogP contribution in [0.4, 0.5) is 5.82 Å². The fourth-order valence-corrected chi connectivity index (χ4v) is 1.12. The Bertz CT molecular complexity index is 362. The lowest BCUT2D eigenvalue weighted by atomic mass is 10.5. The van der Waals surface area contributed by atoms with Gasteiger partial charge < -0.3 is 10.3 Å². The molecule has 5 nitrogen and oxygen atoms in total. The average Bonchev–Trinajstić information content (AvgIpc) is 2.72. The van der Waals surface area contributed by atoms with Gasteiger partial charge in [0.25, 0.3) is 0 Å². The van der Waals surface area contributed by atoms with Gasteiger partial charge in [-0.1, -0.05) is 0 Å². The van der Waals surface area contributed by atoms with Gasteiger partial charge in [0.1, 0.15) is 11.6 Å². The van der Waals surface area contributed by atoms with Gasteiger partial charge in [0.2, 0.25) is 0 Å². The molecule has 2 N–H and O–H groups in total. The molecule has 0 aromatic carbocycles. The fraction of sp³-hybridized carbons (Fsp3) is 0.250. The van der Waals surface area contributed by atoms with Gasteiger partial charge in [0.05, 0.1) is 12.7 Å². The normalized spacial score (nSPS) is 10.2. The number of nitrogens with zero attached hydrogens (tertiary/aromatic N) is 3. The molecule has 0 aliphatic carbocycles. The van der Waals surface area contributed by atoms with E-state index in [-0.39, 0.29) is 0 Å². The number of aryl methyl sites for hydroxylation is 1. The van der Waals surface area contributed by atoms with Crippen molar-refractivity contribution in [3.8, 4) is 0 Å². The minimum Gasteiger partial charge on any atom is -0.363 e. The van der Waals surface area contributed by atoms with E-state index in [1.165, 1.54) is 0 Å². The first-order valence-electron chi connectivity index (χ1n) is 4.06. The quantitative estimate of drug-likeness (QED) is 0.727. The van der Waals surface area contributed by atoms with E-state index in [2.05, 4.69) is 20.4 Å². The molecule has 0 fully saturated rings. The van der Waals surface area contributed by atoms with Gasteiger partial charge in [-0.2, -0.15) is 5.10 Å².